The Morgan fingerprint density at radius 2 is 2.00 bits per heavy atom. The fraction of sp³-hybridized carbons (Fsp3) is 0.429. The van der Waals surface area contributed by atoms with Gasteiger partial charge in [-0.25, -0.2) is 0 Å². The highest BCUT2D eigenvalue weighted by Crippen LogP contribution is 2.31. The SMILES string of the molecule is CC(C)NCCCc1nnc(-c2ccc(O)c(O)c2)s1. The number of aromatic hydroxyl groups is 2. The molecule has 0 aliphatic carbocycles. The van der Waals surface area contributed by atoms with E-state index in [9.17, 15) is 10.2 Å². The molecule has 0 atom stereocenters. The van der Waals surface area contributed by atoms with Gasteiger partial charge in [-0.3, -0.25) is 0 Å². The van der Waals surface area contributed by atoms with Crippen LogP contribution in [-0.2, 0) is 6.42 Å². The maximum absolute atomic E-state index is 9.49. The van der Waals surface area contributed by atoms with Crippen molar-refractivity contribution in [3.05, 3.63) is 23.2 Å². The molecule has 2 aromatic rings. The quantitative estimate of drug-likeness (QED) is 0.563. The summed E-state index contributed by atoms with van der Waals surface area (Å²) in [5.74, 6) is -0.265. The molecule has 1 aromatic carbocycles. The highest BCUT2D eigenvalue weighted by molar-refractivity contribution is 7.14. The molecule has 0 unspecified atom stereocenters. The maximum atomic E-state index is 9.49. The van der Waals surface area contributed by atoms with Gasteiger partial charge >= 0.3 is 0 Å². The molecule has 1 aromatic heterocycles. The topological polar surface area (TPSA) is 78.3 Å². The highest BCUT2D eigenvalue weighted by atomic mass is 32.1. The van der Waals surface area contributed by atoms with Crippen LogP contribution in [0.1, 0.15) is 25.3 Å². The molecule has 0 saturated carbocycles. The standard InChI is InChI=1S/C14H19N3O2S/c1-9(2)15-7-3-4-13-16-17-14(20-13)10-5-6-11(18)12(19)8-10/h5-6,8-9,15,18-19H,3-4,7H2,1-2H3. The van der Waals surface area contributed by atoms with Gasteiger partial charge in [-0.05, 0) is 31.2 Å². The third-order valence-corrected chi connectivity index (χ3v) is 3.84. The zero-order valence-electron chi connectivity index (χ0n) is 11.6. The summed E-state index contributed by atoms with van der Waals surface area (Å²) in [7, 11) is 0. The van der Waals surface area contributed by atoms with Crippen molar-refractivity contribution in [3.8, 4) is 22.1 Å². The molecular weight excluding hydrogens is 274 g/mol. The summed E-state index contributed by atoms with van der Waals surface area (Å²) < 4.78 is 0. The van der Waals surface area contributed by atoms with Crippen LogP contribution >= 0.6 is 11.3 Å². The number of hydrogen-bond acceptors (Lipinski definition) is 6. The monoisotopic (exact) mass is 293 g/mol. The number of nitrogens with zero attached hydrogens (tertiary/aromatic N) is 2. The van der Waals surface area contributed by atoms with E-state index in [1.807, 2.05) is 0 Å². The lowest BCUT2D eigenvalue weighted by atomic mass is 10.2. The normalized spacial score (nSPS) is 11.2. The van der Waals surface area contributed by atoms with Crippen LogP contribution in [-0.4, -0.2) is 33.0 Å². The van der Waals surface area contributed by atoms with Crippen molar-refractivity contribution < 1.29 is 10.2 Å². The molecule has 1 heterocycles. The van der Waals surface area contributed by atoms with Crippen molar-refractivity contribution in [3.63, 3.8) is 0 Å². The van der Waals surface area contributed by atoms with Crippen LogP contribution in [0.3, 0.4) is 0 Å². The van der Waals surface area contributed by atoms with E-state index < -0.39 is 0 Å². The summed E-state index contributed by atoms with van der Waals surface area (Å²) in [6.07, 6.45) is 1.91. The lowest BCUT2D eigenvalue weighted by Crippen LogP contribution is -2.23. The molecule has 0 fully saturated rings. The Hall–Kier alpha value is -1.66. The van der Waals surface area contributed by atoms with Crippen LogP contribution in [0.5, 0.6) is 11.5 Å². The number of benzene rings is 1. The molecule has 0 aliphatic heterocycles. The van der Waals surface area contributed by atoms with Crippen molar-refractivity contribution in [1.29, 1.82) is 0 Å². The van der Waals surface area contributed by atoms with Gasteiger partial charge in [0.1, 0.15) is 10.0 Å². The molecule has 0 spiro atoms. The lowest BCUT2D eigenvalue weighted by Gasteiger charge is -2.05. The minimum atomic E-state index is -0.139. The van der Waals surface area contributed by atoms with E-state index in [1.165, 1.54) is 23.5 Å². The first-order chi connectivity index (χ1) is 9.56. The predicted molar refractivity (Wildman–Crippen MR) is 80.1 cm³/mol. The van der Waals surface area contributed by atoms with Crippen LogP contribution in [0.4, 0.5) is 0 Å². The summed E-state index contributed by atoms with van der Waals surface area (Å²) >= 11 is 1.52. The molecule has 0 saturated heterocycles. The minimum absolute atomic E-state index is 0.127. The summed E-state index contributed by atoms with van der Waals surface area (Å²) in [6.45, 7) is 5.22. The highest BCUT2D eigenvalue weighted by Gasteiger charge is 2.09. The van der Waals surface area contributed by atoms with E-state index in [-0.39, 0.29) is 11.5 Å². The lowest BCUT2D eigenvalue weighted by molar-refractivity contribution is 0.404. The van der Waals surface area contributed by atoms with Crippen LogP contribution in [0.2, 0.25) is 0 Å². The molecule has 3 N–H and O–H groups in total. The number of nitrogens with one attached hydrogen (secondary N) is 1. The number of phenolic OH excluding ortho intramolecular Hbond substituents is 2. The second-order valence-electron chi connectivity index (χ2n) is 4.92. The molecule has 6 heteroatoms. The first kappa shape index (κ1) is 14.7. The summed E-state index contributed by atoms with van der Waals surface area (Å²) in [6, 6.07) is 5.18. The van der Waals surface area contributed by atoms with Gasteiger partial charge in [0.05, 0.1) is 0 Å². The van der Waals surface area contributed by atoms with Gasteiger partial charge in [-0.1, -0.05) is 25.2 Å². The third kappa shape index (κ3) is 3.91. The Kier molecular flexibility index (Phi) is 4.92. The number of aryl methyl sites for hydroxylation is 1. The van der Waals surface area contributed by atoms with Gasteiger partial charge in [0.25, 0.3) is 0 Å². The molecule has 108 valence electrons. The first-order valence-corrected chi connectivity index (χ1v) is 7.46. The van der Waals surface area contributed by atoms with Crippen molar-refractivity contribution in [2.24, 2.45) is 0 Å². The van der Waals surface area contributed by atoms with Gasteiger partial charge in [-0.15, -0.1) is 10.2 Å². The van der Waals surface area contributed by atoms with Crippen molar-refractivity contribution in [2.75, 3.05) is 6.54 Å². The molecule has 0 bridgehead atoms. The Balaban J connectivity index is 1.96. The molecule has 0 amide bonds. The van der Waals surface area contributed by atoms with Crippen molar-refractivity contribution in [1.82, 2.24) is 15.5 Å². The second kappa shape index (κ2) is 6.67. The van der Waals surface area contributed by atoms with E-state index in [4.69, 9.17) is 0 Å². The molecule has 2 rings (SSSR count). The van der Waals surface area contributed by atoms with Gasteiger partial charge in [-0.2, -0.15) is 0 Å². The Bertz CT molecular complexity index is 569. The third-order valence-electron chi connectivity index (χ3n) is 2.81. The van der Waals surface area contributed by atoms with E-state index >= 15 is 0 Å². The van der Waals surface area contributed by atoms with Crippen LogP contribution in [0.25, 0.3) is 10.6 Å². The number of hydrogen-bond donors (Lipinski definition) is 3. The molecule has 5 nitrogen and oxygen atoms in total. The smallest absolute Gasteiger partial charge is 0.158 e. The van der Waals surface area contributed by atoms with Crippen LogP contribution < -0.4 is 5.32 Å². The Labute approximate surface area is 122 Å². The predicted octanol–water partition coefficient (Wildman–Crippen LogP) is 2.55. The van der Waals surface area contributed by atoms with Crippen LogP contribution in [0.15, 0.2) is 18.2 Å². The average Bonchev–Trinajstić information content (AvgIpc) is 2.86. The van der Waals surface area contributed by atoms with E-state index in [1.54, 1.807) is 6.07 Å². The zero-order chi connectivity index (χ0) is 14.5. The number of aromatic nitrogens is 2. The number of rotatable bonds is 6. The molecule has 0 aliphatic rings. The van der Waals surface area contributed by atoms with Gasteiger partial charge in [0.15, 0.2) is 11.5 Å². The summed E-state index contributed by atoms with van der Waals surface area (Å²) in [4.78, 5) is 0. The van der Waals surface area contributed by atoms with Gasteiger partial charge in [0.2, 0.25) is 0 Å². The first-order valence-electron chi connectivity index (χ1n) is 6.64. The second-order valence-corrected chi connectivity index (χ2v) is 5.98. The molecule has 20 heavy (non-hydrogen) atoms. The van der Waals surface area contributed by atoms with Crippen molar-refractivity contribution >= 4 is 11.3 Å². The molecular formula is C14H19N3O2S. The van der Waals surface area contributed by atoms with E-state index in [2.05, 4.69) is 29.4 Å². The van der Waals surface area contributed by atoms with Crippen molar-refractivity contribution in [2.45, 2.75) is 32.7 Å². The fourth-order valence-electron chi connectivity index (χ4n) is 1.76. The van der Waals surface area contributed by atoms with Gasteiger partial charge < -0.3 is 15.5 Å². The Morgan fingerprint density at radius 3 is 2.70 bits per heavy atom. The minimum Gasteiger partial charge on any atom is -0.504 e. The fourth-order valence-corrected chi connectivity index (χ4v) is 2.64. The Morgan fingerprint density at radius 1 is 1.20 bits per heavy atom. The average molecular weight is 293 g/mol. The van der Waals surface area contributed by atoms with E-state index in [0.29, 0.717) is 6.04 Å². The zero-order valence-corrected chi connectivity index (χ0v) is 12.4. The number of phenols is 2. The van der Waals surface area contributed by atoms with Crippen LogP contribution in [0, 0.1) is 0 Å². The van der Waals surface area contributed by atoms with Gasteiger partial charge in [0, 0.05) is 18.0 Å². The molecule has 0 radical (unpaired) electrons. The maximum Gasteiger partial charge on any atom is 0.158 e. The largest absolute Gasteiger partial charge is 0.504 e. The summed E-state index contributed by atoms with van der Waals surface area (Å²) in [5, 5.41) is 32.2. The summed E-state index contributed by atoms with van der Waals surface area (Å²) in [5.41, 5.74) is 0.768. The van der Waals surface area contributed by atoms with E-state index in [0.717, 1.165) is 35.0 Å².